The number of para-hydroxylation sites is 2. The van der Waals surface area contributed by atoms with Gasteiger partial charge in [-0.2, -0.15) is 0 Å². The average Bonchev–Trinajstić information content (AvgIpc) is 4.03. The summed E-state index contributed by atoms with van der Waals surface area (Å²) in [6, 6.07) is 58.4. The Morgan fingerprint density at radius 3 is 1.32 bits per heavy atom. The Morgan fingerprint density at radius 2 is 0.766 bits per heavy atom. The van der Waals surface area contributed by atoms with Crippen LogP contribution in [0.1, 0.15) is 153 Å². The van der Waals surface area contributed by atoms with Crippen LogP contribution in [0, 0.1) is 0 Å². The van der Waals surface area contributed by atoms with Crippen LogP contribution in [-0.2, 0) is 32.5 Å². The van der Waals surface area contributed by atoms with Crippen LogP contribution in [0.2, 0.25) is 0 Å². The van der Waals surface area contributed by atoms with Gasteiger partial charge in [0.25, 0.3) is 0 Å². The lowest BCUT2D eigenvalue weighted by Crippen LogP contribution is -2.20. The molecular weight excluding hydrogens is 935 g/mol. The summed E-state index contributed by atoms with van der Waals surface area (Å²) in [6.07, 6.45) is 0. The minimum absolute atomic E-state index is 0.0628. The largest absolute Gasteiger partial charge is 0.456 e. The van der Waals surface area contributed by atoms with Crippen LogP contribution in [0.4, 0.5) is 17.1 Å². The fraction of sp³-hybridized carbons (Fsp3) is 0.270. The normalized spacial score (nSPS) is 16.6. The highest BCUT2D eigenvalue weighted by molar-refractivity contribution is 6.16. The van der Waals surface area contributed by atoms with E-state index >= 15 is 0 Å². The first-order chi connectivity index (χ1) is 36.4. The second kappa shape index (κ2) is 14.7. The van der Waals surface area contributed by atoms with E-state index in [9.17, 15) is 0 Å². The molecule has 0 aliphatic heterocycles. The average molecular weight is 1000 g/mol. The first-order valence-electron chi connectivity index (χ1n) is 28.0. The monoisotopic (exact) mass is 1000 g/mol. The van der Waals surface area contributed by atoms with Gasteiger partial charge in [-0.05, 0) is 184 Å². The zero-order chi connectivity index (χ0) is 53.4. The lowest BCUT2D eigenvalue weighted by molar-refractivity contribution is 0.569. The lowest BCUT2D eigenvalue weighted by atomic mass is 9.79. The van der Waals surface area contributed by atoms with Crippen LogP contribution in [-0.4, -0.2) is 0 Å². The fourth-order valence-corrected chi connectivity index (χ4v) is 14.8. The SMILES string of the molecule is CC(C)(C)c1cc(N(c2ccc3c(c2)C(C)(C)c2cc4c(cc2-3)C(C)(C)c2ccc3c(oc5ccccc53)c2-4)c2ccc3c(c2)C(C)(C)c2cc4c(cc2-3)C(C)(C)c2ccc3oc5ccccc5c3c2-4)cc(C(C)(C)C)c1. The van der Waals surface area contributed by atoms with Crippen LogP contribution in [0.5, 0.6) is 0 Å². The number of anilines is 3. The second-order valence-corrected chi connectivity index (χ2v) is 27.4. The number of rotatable bonds is 3. The predicted octanol–water partition coefficient (Wildman–Crippen LogP) is 20.8. The molecule has 0 atom stereocenters. The standard InChI is InChI=1S/C74H67NO2/c1-69(2,3)40-31-41(70(4,5)6)33-44(32-40)75(42-23-25-45-50-36-60-52(38-58(50)73(11,12)56(45)34-42)65-54(71(60,7)8)29-30-64-67(65)49-20-16-18-22-63(49)76-64)43-24-26-46-51-37-61-53(39-59(51)74(13,14)57(46)35-43)66-55(72(61,9)10)28-27-48-47-19-15-17-21-62(47)77-68(48)66/h15-39H,1-14H3. The summed E-state index contributed by atoms with van der Waals surface area (Å²) in [4.78, 5) is 2.57. The van der Waals surface area contributed by atoms with E-state index in [0.717, 1.165) is 22.3 Å². The summed E-state index contributed by atoms with van der Waals surface area (Å²) in [5.41, 5.74) is 30.4. The van der Waals surface area contributed by atoms with Gasteiger partial charge in [0, 0.05) is 65.8 Å². The van der Waals surface area contributed by atoms with Gasteiger partial charge >= 0.3 is 0 Å². The molecule has 0 amide bonds. The molecule has 380 valence electrons. The molecule has 3 nitrogen and oxygen atoms in total. The van der Waals surface area contributed by atoms with Crippen molar-refractivity contribution in [3.05, 3.63) is 207 Å². The van der Waals surface area contributed by atoms with Crippen LogP contribution in [0.3, 0.4) is 0 Å². The van der Waals surface area contributed by atoms with Crippen LogP contribution in [0.25, 0.3) is 88.4 Å². The van der Waals surface area contributed by atoms with E-state index in [4.69, 9.17) is 8.83 Å². The van der Waals surface area contributed by atoms with Gasteiger partial charge in [-0.15, -0.1) is 0 Å². The fourth-order valence-electron chi connectivity index (χ4n) is 14.8. The quantitative estimate of drug-likeness (QED) is 0.177. The van der Waals surface area contributed by atoms with Gasteiger partial charge in [0.2, 0.25) is 0 Å². The smallest absolute Gasteiger partial charge is 0.143 e. The van der Waals surface area contributed by atoms with E-state index in [1.54, 1.807) is 0 Å². The molecule has 77 heavy (non-hydrogen) atoms. The first-order valence-corrected chi connectivity index (χ1v) is 28.0. The number of benzene rings is 9. The summed E-state index contributed by atoms with van der Waals surface area (Å²) < 4.78 is 13.3. The molecule has 4 aliphatic carbocycles. The van der Waals surface area contributed by atoms with Crippen LogP contribution >= 0.6 is 0 Å². The molecule has 11 aromatic rings. The van der Waals surface area contributed by atoms with E-state index in [1.807, 2.05) is 0 Å². The van der Waals surface area contributed by atoms with Crippen LogP contribution < -0.4 is 4.90 Å². The number of hydrogen-bond donors (Lipinski definition) is 0. The Labute approximate surface area is 453 Å². The molecule has 0 bridgehead atoms. The van der Waals surface area contributed by atoms with Crippen molar-refractivity contribution in [3.8, 4) is 44.5 Å². The van der Waals surface area contributed by atoms with Gasteiger partial charge in [0.15, 0.2) is 0 Å². The molecule has 4 aliphatic rings. The van der Waals surface area contributed by atoms with E-state index in [2.05, 4.69) is 253 Å². The maximum Gasteiger partial charge on any atom is 0.143 e. The maximum atomic E-state index is 6.78. The summed E-state index contributed by atoms with van der Waals surface area (Å²) in [7, 11) is 0. The van der Waals surface area contributed by atoms with Crippen molar-refractivity contribution < 1.29 is 8.83 Å². The first kappa shape index (κ1) is 46.7. The Hall–Kier alpha value is -7.62. The third-order valence-corrected chi connectivity index (χ3v) is 19.3. The molecule has 9 aromatic carbocycles. The summed E-state index contributed by atoms with van der Waals surface area (Å²) in [6.45, 7) is 33.4. The number of nitrogens with zero attached hydrogens (tertiary/aromatic N) is 1. The Bertz CT molecular complexity index is 4440. The topological polar surface area (TPSA) is 29.5 Å². The molecule has 0 N–H and O–H groups in total. The molecule has 3 heteroatoms. The highest BCUT2D eigenvalue weighted by Gasteiger charge is 2.45. The molecule has 0 unspecified atom stereocenters. The molecule has 0 radical (unpaired) electrons. The van der Waals surface area contributed by atoms with Crippen molar-refractivity contribution in [1.82, 2.24) is 0 Å². The van der Waals surface area contributed by atoms with E-state index in [0.29, 0.717) is 0 Å². The van der Waals surface area contributed by atoms with Crippen molar-refractivity contribution in [1.29, 1.82) is 0 Å². The molecule has 2 aromatic heterocycles. The van der Waals surface area contributed by atoms with Gasteiger partial charge in [-0.1, -0.05) is 170 Å². The number of fused-ring (bicyclic) bond motifs is 20. The summed E-state index contributed by atoms with van der Waals surface area (Å²) in [5.74, 6) is 0. The van der Waals surface area contributed by atoms with Crippen molar-refractivity contribution in [2.45, 2.75) is 129 Å². The van der Waals surface area contributed by atoms with Crippen molar-refractivity contribution in [2.24, 2.45) is 0 Å². The zero-order valence-corrected chi connectivity index (χ0v) is 47.2. The molecule has 0 spiro atoms. The van der Waals surface area contributed by atoms with E-state index < -0.39 is 0 Å². The van der Waals surface area contributed by atoms with Crippen LogP contribution in [0.15, 0.2) is 160 Å². The van der Waals surface area contributed by atoms with Crippen molar-refractivity contribution >= 4 is 60.9 Å². The third kappa shape index (κ3) is 6.09. The highest BCUT2D eigenvalue weighted by atomic mass is 16.3. The Balaban J connectivity index is 0.899. The van der Waals surface area contributed by atoms with Gasteiger partial charge < -0.3 is 13.7 Å². The molecule has 0 saturated heterocycles. The maximum absolute atomic E-state index is 6.78. The van der Waals surface area contributed by atoms with Gasteiger partial charge in [0.05, 0.1) is 0 Å². The van der Waals surface area contributed by atoms with E-state index in [1.165, 1.54) is 139 Å². The van der Waals surface area contributed by atoms with Crippen molar-refractivity contribution in [3.63, 3.8) is 0 Å². The summed E-state index contributed by atoms with van der Waals surface area (Å²) in [5, 5.41) is 4.77. The third-order valence-electron chi connectivity index (χ3n) is 19.3. The Kier molecular flexibility index (Phi) is 8.90. The highest BCUT2D eigenvalue weighted by Crippen LogP contribution is 2.61. The Morgan fingerprint density at radius 1 is 0.325 bits per heavy atom. The second-order valence-electron chi connectivity index (χ2n) is 27.4. The molecule has 15 rings (SSSR count). The molecule has 0 fully saturated rings. The molecule has 0 saturated carbocycles. The number of hydrogen-bond acceptors (Lipinski definition) is 3. The zero-order valence-electron chi connectivity index (χ0n) is 47.2. The lowest BCUT2D eigenvalue weighted by Gasteiger charge is -2.33. The van der Waals surface area contributed by atoms with Crippen molar-refractivity contribution in [2.75, 3.05) is 4.90 Å². The van der Waals surface area contributed by atoms with Gasteiger partial charge in [0.1, 0.15) is 22.3 Å². The van der Waals surface area contributed by atoms with Gasteiger partial charge in [-0.3, -0.25) is 0 Å². The molecular formula is C74H67NO2. The van der Waals surface area contributed by atoms with Gasteiger partial charge in [-0.25, -0.2) is 0 Å². The number of furan rings is 2. The molecule has 2 heterocycles. The summed E-state index contributed by atoms with van der Waals surface area (Å²) >= 11 is 0. The predicted molar refractivity (Wildman–Crippen MR) is 323 cm³/mol. The minimum atomic E-state index is -0.275. The van der Waals surface area contributed by atoms with E-state index in [-0.39, 0.29) is 32.5 Å². The minimum Gasteiger partial charge on any atom is -0.456 e.